The maximum atomic E-state index is 13.5. The highest BCUT2D eigenvalue weighted by Gasteiger charge is 2.21. The van der Waals surface area contributed by atoms with Crippen LogP contribution in [0, 0.1) is 12.7 Å². The Morgan fingerprint density at radius 2 is 1.92 bits per heavy atom. The minimum atomic E-state index is -1.06. The minimum absolute atomic E-state index is 0.236. The fraction of sp³-hybridized carbons (Fsp3) is 0.222. The molecular formula is C18H17BrFNO4. The topological polar surface area (TPSA) is 64.6 Å². The van der Waals surface area contributed by atoms with Crippen LogP contribution in [0.2, 0.25) is 0 Å². The van der Waals surface area contributed by atoms with Gasteiger partial charge in [0.1, 0.15) is 11.6 Å². The molecule has 0 aliphatic carbocycles. The van der Waals surface area contributed by atoms with Crippen molar-refractivity contribution in [2.45, 2.75) is 20.0 Å². The number of carbonyl (C=O) groups excluding carboxylic acids is 2. The first-order chi connectivity index (χ1) is 11.8. The van der Waals surface area contributed by atoms with Crippen molar-refractivity contribution >= 4 is 33.5 Å². The molecule has 0 saturated carbocycles. The molecule has 25 heavy (non-hydrogen) atoms. The molecule has 0 aliphatic heterocycles. The first kappa shape index (κ1) is 18.9. The van der Waals surface area contributed by atoms with Crippen molar-refractivity contribution in [2.24, 2.45) is 0 Å². The van der Waals surface area contributed by atoms with Crippen LogP contribution in [0.25, 0.3) is 0 Å². The Morgan fingerprint density at radius 3 is 2.56 bits per heavy atom. The van der Waals surface area contributed by atoms with E-state index in [1.807, 2.05) is 0 Å². The molecule has 0 unspecified atom stereocenters. The Morgan fingerprint density at radius 1 is 1.20 bits per heavy atom. The molecule has 0 spiro atoms. The maximum absolute atomic E-state index is 13.5. The van der Waals surface area contributed by atoms with Crippen LogP contribution >= 0.6 is 15.9 Å². The lowest BCUT2D eigenvalue weighted by molar-refractivity contribution is -0.123. The van der Waals surface area contributed by atoms with Crippen molar-refractivity contribution in [2.75, 3.05) is 12.4 Å². The highest BCUT2D eigenvalue weighted by molar-refractivity contribution is 9.10. The highest BCUT2D eigenvalue weighted by atomic mass is 79.9. The third-order valence-electron chi connectivity index (χ3n) is 3.49. The molecule has 0 heterocycles. The first-order valence-corrected chi connectivity index (χ1v) is 8.22. The number of carbonyl (C=O) groups is 2. The quantitative estimate of drug-likeness (QED) is 0.755. The summed E-state index contributed by atoms with van der Waals surface area (Å²) < 4.78 is 24.3. The van der Waals surface area contributed by atoms with Crippen LogP contribution in [0.3, 0.4) is 0 Å². The number of benzene rings is 2. The second-order valence-corrected chi connectivity index (χ2v) is 6.20. The molecule has 2 rings (SSSR count). The second kappa shape index (κ2) is 8.11. The molecule has 0 bridgehead atoms. The summed E-state index contributed by atoms with van der Waals surface area (Å²) in [4.78, 5) is 24.4. The Balaban J connectivity index is 2.05. The zero-order valence-electron chi connectivity index (χ0n) is 13.9. The average molecular weight is 410 g/mol. The highest BCUT2D eigenvalue weighted by Crippen LogP contribution is 2.23. The van der Waals surface area contributed by atoms with Gasteiger partial charge in [0.2, 0.25) is 0 Å². The fourth-order valence-corrected chi connectivity index (χ4v) is 2.39. The lowest BCUT2D eigenvalue weighted by atomic mass is 10.2. The summed E-state index contributed by atoms with van der Waals surface area (Å²) >= 11 is 3.26. The van der Waals surface area contributed by atoms with Crippen molar-refractivity contribution < 1.29 is 23.5 Å². The van der Waals surface area contributed by atoms with E-state index in [-0.39, 0.29) is 5.56 Å². The number of rotatable bonds is 5. The number of nitrogens with one attached hydrogen (secondary N) is 1. The monoisotopic (exact) mass is 409 g/mol. The SMILES string of the molecule is COc1ccc(Br)c(C(=O)O[C@H](C)C(=O)Nc2ccc(C)c(F)c2)c1. The number of ether oxygens (including phenoxy) is 2. The van der Waals surface area contributed by atoms with Crippen molar-refractivity contribution in [3.63, 3.8) is 0 Å². The van der Waals surface area contributed by atoms with Gasteiger partial charge in [0.15, 0.2) is 6.10 Å². The first-order valence-electron chi connectivity index (χ1n) is 7.43. The number of hydrogen-bond donors (Lipinski definition) is 1. The molecule has 0 aliphatic rings. The van der Waals surface area contributed by atoms with E-state index in [9.17, 15) is 14.0 Å². The Bertz CT molecular complexity index is 810. The van der Waals surface area contributed by atoms with Gasteiger partial charge < -0.3 is 14.8 Å². The molecule has 0 fully saturated rings. The molecule has 7 heteroatoms. The second-order valence-electron chi connectivity index (χ2n) is 5.35. The van der Waals surface area contributed by atoms with Crippen LogP contribution in [0.15, 0.2) is 40.9 Å². The Hall–Kier alpha value is -2.41. The number of halogens is 2. The van der Waals surface area contributed by atoms with Crippen LogP contribution in [0.5, 0.6) is 5.75 Å². The number of anilines is 1. The lowest BCUT2D eigenvalue weighted by Crippen LogP contribution is -2.30. The predicted octanol–water partition coefficient (Wildman–Crippen LogP) is 4.09. The van der Waals surface area contributed by atoms with Crippen LogP contribution in [0.1, 0.15) is 22.8 Å². The molecule has 0 saturated heterocycles. The summed E-state index contributed by atoms with van der Waals surface area (Å²) in [5.74, 6) is -1.18. The molecular weight excluding hydrogens is 393 g/mol. The van der Waals surface area contributed by atoms with Gasteiger partial charge in [0, 0.05) is 10.2 Å². The minimum Gasteiger partial charge on any atom is -0.497 e. The van der Waals surface area contributed by atoms with E-state index in [1.165, 1.54) is 26.2 Å². The fourth-order valence-electron chi connectivity index (χ4n) is 1.98. The van der Waals surface area contributed by atoms with Gasteiger partial charge >= 0.3 is 5.97 Å². The molecule has 1 amide bonds. The maximum Gasteiger partial charge on any atom is 0.340 e. The molecule has 2 aromatic rings. The van der Waals surface area contributed by atoms with Gasteiger partial charge in [0.05, 0.1) is 12.7 Å². The van der Waals surface area contributed by atoms with Crippen LogP contribution in [0.4, 0.5) is 10.1 Å². The van der Waals surface area contributed by atoms with E-state index in [4.69, 9.17) is 9.47 Å². The van der Waals surface area contributed by atoms with Gasteiger partial charge in [-0.1, -0.05) is 6.07 Å². The van der Waals surface area contributed by atoms with Crippen molar-refractivity contribution in [1.82, 2.24) is 0 Å². The van der Waals surface area contributed by atoms with Gasteiger partial charge in [-0.3, -0.25) is 4.79 Å². The summed E-state index contributed by atoms with van der Waals surface area (Å²) in [6.07, 6.45) is -1.06. The van der Waals surface area contributed by atoms with E-state index in [0.717, 1.165) is 0 Å². The Kier molecular flexibility index (Phi) is 6.14. The molecule has 1 atom stereocenters. The van der Waals surface area contributed by atoms with Gasteiger partial charge in [-0.05, 0) is 65.7 Å². The standard InChI is InChI=1S/C18H17BrFNO4/c1-10-4-5-12(8-16(10)20)21-17(22)11(2)25-18(23)14-9-13(24-3)6-7-15(14)19/h4-9,11H,1-3H3,(H,21,22)/t11-/m1/s1. The number of aryl methyl sites for hydroxylation is 1. The van der Waals surface area contributed by atoms with Crippen LogP contribution in [-0.2, 0) is 9.53 Å². The third-order valence-corrected chi connectivity index (χ3v) is 4.18. The van der Waals surface area contributed by atoms with Crippen molar-refractivity contribution in [3.8, 4) is 5.75 Å². The smallest absolute Gasteiger partial charge is 0.340 e. The molecule has 0 radical (unpaired) electrons. The van der Waals surface area contributed by atoms with E-state index in [1.54, 1.807) is 31.2 Å². The van der Waals surface area contributed by atoms with Gasteiger partial charge in [-0.2, -0.15) is 0 Å². The zero-order chi connectivity index (χ0) is 18.6. The van der Waals surface area contributed by atoms with Crippen molar-refractivity contribution in [3.05, 3.63) is 57.8 Å². The molecule has 2 aromatic carbocycles. The number of amides is 1. The number of esters is 1. The summed E-state index contributed by atoms with van der Waals surface area (Å²) in [5.41, 5.74) is 0.999. The third kappa shape index (κ3) is 4.79. The largest absolute Gasteiger partial charge is 0.497 e. The predicted molar refractivity (Wildman–Crippen MR) is 95.3 cm³/mol. The summed E-state index contributed by atoms with van der Waals surface area (Å²) in [7, 11) is 1.48. The van der Waals surface area contributed by atoms with Gasteiger partial charge in [-0.25, -0.2) is 9.18 Å². The molecule has 0 aromatic heterocycles. The zero-order valence-corrected chi connectivity index (χ0v) is 15.5. The summed E-state index contributed by atoms with van der Waals surface area (Å²) in [6, 6.07) is 9.17. The van der Waals surface area contributed by atoms with Crippen LogP contribution < -0.4 is 10.1 Å². The number of methoxy groups -OCH3 is 1. The average Bonchev–Trinajstić information content (AvgIpc) is 2.58. The molecule has 1 N–H and O–H groups in total. The van der Waals surface area contributed by atoms with E-state index >= 15 is 0 Å². The van der Waals surface area contributed by atoms with E-state index in [2.05, 4.69) is 21.2 Å². The Labute approximate surface area is 153 Å². The van der Waals surface area contributed by atoms with E-state index in [0.29, 0.717) is 21.5 Å². The van der Waals surface area contributed by atoms with E-state index < -0.39 is 23.8 Å². The molecule has 5 nitrogen and oxygen atoms in total. The van der Waals surface area contributed by atoms with Gasteiger partial charge in [0.25, 0.3) is 5.91 Å². The number of hydrogen-bond acceptors (Lipinski definition) is 4. The van der Waals surface area contributed by atoms with Gasteiger partial charge in [-0.15, -0.1) is 0 Å². The normalized spacial score (nSPS) is 11.6. The summed E-state index contributed by atoms with van der Waals surface area (Å²) in [5, 5.41) is 2.51. The summed E-state index contributed by atoms with van der Waals surface area (Å²) in [6.45, 7) is 3.06. The van der Waals surface area contributed by atoms with Crippen LogP contribution in [-0.4, -0.2) is 25.1 Å². The van der Waals surface area contributed by atoms with Crippen molar-refractivity contribution in [1.29, 1.82) is 0 Å². The molecule has 132 valence electrons. The lowest BCUT2D eigenvalue weighted by Gasteiger charge is -2.15.